The van der Waals surface area contributed by atoms with E-state index in [1.165, 1.54) is 33.0 Å². The fourth-order valence-corrected chi connectivity index (χ4v) is 6.96. The van der Waals surface area contributed by atoms with Crippen LogP contribution in [0.2, 0.25) is 0 Å². The van der Waals surface area contributed by atoms with Crippen molar-refractivity contribution in [2.75, 3.05) is 4.90 Å². The van der Waals surface area contributed by atoms with Crippen molar-refractivity contribution >= 4 is 49.8 Å². The Morgan fingerprint density at radius 3 is 1.60 bits per heavy atom. The molecule has 2 nitrogen and oxygen atoms in total. The Labute approximate surface area is 279 Å². The van der Waals surface area contributed by atoms with Gasteiger partial charge in [0.1, 0.15) is 11.2 Å². The number of fused-ring (bicyclic) bond motifs is 4. The summed E-state index contributed by atoms with van der Waals surface area (Å²) in [6.07, 6.45) is 0. The number of rotatable bonds is 6. The Morgan fingerprint density at radius 2 is 0.875 bits per heavy atom. The van der Waals surface area contributed by atoms with Gasteiger partial charge in [0, 0.05) is 22.0 Å². The van der Waals surface area contributed by atoms with Crippen molar-refractivity contribution in [3.63, 3.8) is 0 Å². The molecule has 1 heterocycles. The molecule has 0 saturated heterocycles. The maximum atomic E-state index is 6.68. The summed E-state index contributed by atoms with van der Waals surface area (Å²) in [5.74, 6) is 0. The van der Waals surface area contributed by atoms with E-state index in [1.54, 1.807) is 0 Å². The highest BCUT2D eigenvalue weighted by Crippen LogP contribution is 2.46. The minimum absolute atomic E-state index is 0.867. The van der Waals surface area contributed by atoms with E-state index in [0.29, 0.717) is 0 Å². The average molecular weight is 614 g/mol. The maximum absolute atomic E-state index is 6.68. The molecule has 0 fully saturated rings. The Hall–Kier alpha value is -6.38. The number of para-hydroxylation sites is 1. The van der Waals surface area contributed by atoms with Crippen molar-refractivity contribution < 1.29 is 4.42 Å². The van der Waals surface area contributed by atoms with E-state index in [0.717, 1.165) is 50.1 Å². The fraction of sp³-hybridized carbons (Fsp3) is 0. The van der Waals surface area contributed by atoms with Crippen molar-refractivity contribution in [3.8, 4) is 33.4 Å². The largest absolute Gasteiger partial charge is 0.455 e. The number of nitrogens with zero attached hydrogens (tertiary/aromatic N) is 1. The number of hydrogen-bond acceptors (Lipinski definition) is 2. The van der Waals surface area contributed by atoms with Crippen molar-refractivity contribution in [2.45, 2.75) is 0 Å². The summed E-state index contributed by atoms with van der Waals surface area (Å²) < 4.78 is 6.68. The Morgan fingerprint density at radius 1 is 0.354 bits per heavy atom. The Kier molecular flexibility index (Phi) is 6.84. The molecule has 1 aromatic heterocycles. The first-order chi connectivity index (χ1) is 23.8. The molecule has 2 heteroatoms. The minimum Gasteiger partial charge on any atom is -0.455 e. The third-order valence-corrected chi connectivity index (χ3v) is 9.28. The van der Waals surface area contributed by atoms with Gasteiger partial charge in [0.2, 0.25) is 0 Å². The van der Waals surface area contributed by atoms with Gasteiger partial charge in [-0.2, -0.15) is 0 Å². The summed E-state index contributed by atoms with van der Waals surface area (Å²) in [4.78, 5) is 2.39. The van der Waals surface area contributed by atoms with Gasteiger partial charge in [0.25, 0.3) is 0 Å². The quantitative estimate of drug-likeness (QED) is 0.185. The van der Waals surface area contributed by atoms with Crippen molar-refractivity contribution in [2.24, 2.45) is 0 Å². The number of benzene rings is 8. The van der Waals surface area contributed by atoms with Crippen LogP contribution in [0.5, 0.6) is 0 Å². The Bertz CT molecular complexity index is 2530. The molecule has 0 N–H and O–H groups in total. The van der Waals surface area contributed by atoms with Crippen LogP contribution in [0.25, 0.3) is 66.1 Å². The molecule has 48 heavy (non-hydrogen) atoms. The highest BCUT2D eigenvalue weighted by Gasteiger charge is 2.22. The molecular weight excluding hydrogens is 583 g/mol. The fourth-order valence-electron chi connectivity index (χ4n) is 6.96. The molecule has 8 aromatic carbocycles. The highest BCUT2D eigenvalue weighted by molar-refractivity contribution is 6.17. The zero-order valence-corrected chi connectivity index (χ0v) is 26.3. The van der Waals surface area contributed by atoms with Crippen molar-refractivity contribution in [1.82, 2.24) is 0 Å². The predicted octanol–water partition coefficient (Wildman–Crippen LogP) is 13.2. The second kappa shape index (κ2) is 11.8. The molecule has 0 saturated carbocycles. The van der Waals surface area contributed by atoms with Gasteiger partial charge in [-0.15, -0.1) is 0 Å². The minimum atomic E-state index is 0.867. The van der Waals surface area contributed by atoms with Crippen LogP contribution in [0.15, 0.2) is 192 Å². The molecule has 0 bridgehead atoms. The number of anilines is 3. The van der Waals surface area contributed by atoms with Crippen LogP contribution in [0.1, 0.15) is 0 Å². The van der Waals surface area contributed by atoms with Gasteiger partial charge in [-0.25, -0.2) is 0 Å². The first-order valence-corrected chi connectivity index (χ1v) is 16.4. The standard InChI is InChI=1S/C46H31NO/c1-3-12-32(13-4-1)33-24-26-34(27-25-33)35-28-30-38(31-29-35)47(42-21-9-17-36-16-7-8-18-39(36)42)43-22-11-23-44-45(43)41-20-10-19-40(46(41)48-44)37-14-5-2-6-15-37/h1-31H. The lowest BCUT2D eigenvalue weighted by Gasteiger charge is -2.27. The summed E-state index contributed by atoms with van der Waals surface area (Å²) in [7, 11) is 0. The van der Waals surface area contributed by atoms with Crippen molar-refractivity contribution in [3.05, 3.63) is 188 Å². The maximum Gasteiger partial charge on any atom is 0.143 e. The molecule has 0 radical (unpaired) electrons. The van der Waals surface area contributed by atoms with Crippen LogP contribution in [0.4, 0.5) is 17.1 Å². The van der Waals surface area contributed by atoms with E-state index in [9.17, 15) is 0 Å². The van der Waals surface area contributed by atoms with Crippen LogP contribution < -0.4 is 4.90 Å². The molecule has 9 rings (SSSR count). The predicted molar refractivity (Wildman–Crippen MR) is 202 cm³/mol. The normalized spacial score (nSPS) is 11.3. The van der Waals surface area contributed by atoms with E-state index < -0.39 is 0 Å². The zero-order chi connectivity index (χ0) is 31.9. The second-order valence-corrected chi connectivity index (χ2v) is 12.1. The van der Waals surface area contributed by atoms with Crippen LogP contribution in [0, 0.1) is 0 Å². The zero-order valence-electron chi connectivity index (χ0n) is 26.3. The van der Waals surface area contributed by atoms with Gasteiger partial charge in [-0.1, -0.05) is 158 Å². The van der Waals surface area contributed by atoms with Crippen LogP contribution in [-0.2, 0) is 0 Å². The molecular formula is C46H31NO. The van der Waals surface area contributed by atoms with Gasteiger partial charge in [-0.05, 0) is 63.5 Å². The van der Waals surface area contributed by atoms with E-state index >= 15 is 0 Å². The van der Waals surface area contributed by atoms with E-state index in [4.69, 9.17) is 4.42 Å². The van der Waals surface area contributed by atoms with Gasteiger partial charge >= 0.3 is 0 Å². The molecule has 0 atom stereocenters. The topological polar surface area (TPSA) is 16.4 Å². The summed E-state index contributed by atoms with van der Waals surface area (Å²) in [6, 6.07) is 66.8. The third kappa shape index (κ3) is 4.83. The molecule has 9 aromatic rings. The summed E-state index contributed by atoms with van der Waals surface area (Å²) in [6.45, 7) is 0. The summed E-state index contributed by atoms with van der Waals surface area (Å²) >= 11 is 0. The van der Waals surface area contributed by atoms with Crippen molar-refractivity contribution in [1.29, 1.82) is 0 Å². The van der Waals surface area contributed by atoms with Gasteiger partial charge in [0.15, 0.2) is 0 Å². The monoisotopic (exact) mass is 613 g/mol. The van der Waals surface area contributed by atoms with E-state index in [-0.39, 0.29) is 0 Å². The highest BCUT2D eigenvalue weighted by atomic mass is 16.3. The second-order valence-electron chi connectivity index (χ2n) is 12.1. The van der Waals surface area contributed by atoms with Crippen LogP contribution in [-0.4, -0.2) is 0 Å². The molecule has 0 aliphatic heterocycles. The smallest absolute Gasteiger partial charge is 0.143 e. The summed E-state index contributed by atoms with van der Waals surface area (Å²) in [5, 5.41) is 4.59. The molecule has 0 amide bonds. The SMILES string of the molecule is c1ccc(-c2ccc(-c3ccc(N(c4cccc5ccccc45)c4cccc5oc6c(-c7ccccc7)cccc6c45)cc3)cc2)cc1. The van der Waals surface area contributed by atoms with Crippen LogP contribution >= 0.6 is 0 Å². The van der Waals surface area contributed by atoms with Gasteiger partial charge < -0.3 is 9.32 Å². The average Bonchev–Trinajstić information content (AvgIpc) is 3.56. The summed E-state index contributed by atoms with van der Waals surface area (Å²) in [5.41, 5.74) is 12.1. The third-order valence-electron chi connectivity index (χ3n) is 9.28. The van der Waals surface area contributed by atoms with Gasteiger partial charge in [-0.3, -0.25) is 0 Å². The number of hydrogen-bond donors (Lipinski definition) is 0. The molecule has 0 aliphatic rings. The molecule has 0 unspecified atom stereocenters. The Balaban J connectivity index is 1.21. The lowest BCUT2D eigenvalue weighted by atomic mass is 9.99. The van der Waals surface area contributed by atoms with Crippen LogP contribution in [0.3, 0.4) is 0 Å². The first kappa shape index (κ1) is 27.9. The molecule has 0 aliphatic carbocycles. The van der Waals surface area contributed by atoms with Gasteiger partial charge in [0.05, 0.1) is 16.8 Å². The first-order valence-electron chi connectivity index (χ1n) is 16.4. The molecule has 226 valence electrons. The van der Waals surface area contributed by atoms with E-state index in [1.807, 2.05) is 6.07 Å². The lowest BCUT2D eigenvalue weighted by Crippen LogP contribution is -2.10. The molecule has 0 spiro atoms. The number of furan rings is 1. The lowest BCUT2D eigenvalue weighted by molar-refractivity contribution is 0.670. The van der Waals surface area contributed by atoms with E-state index in [2.05, 4.69) is 187 Å².